The van der Waals surface area contributed by atoms with Crippen molar-refractivity contribution < 1.29 is 9.94 Å². The molecule has 2 N–H and O–H groups in total. The van der Waals surface area contributed by atoms with E-state index in [4.69, 9.17) is 9.94 Å². The van der Waals surface area contributed by atoms with Gasteiger partial charge in [0.25, 0.3) is 0 Å². The number of hydroxylamine groups is 1. The molecule has 24 heavy (non-hydrogen) atoms. The maximum Gasteiger partial charge on any atom is 0.119 e. The molecule has 0 amide bonds. The van der Waals surface area contributed by atoms with Gasteiger partial charge in [-0.25, -0.2) is 4.99 Å². The summed E-state index contributed by atoms with van der Waals surface area (Å²) in [6.45, 7) is 0.510. The van der Waals surface area contributed by atoms with Crippen molar-refractivity contribution in [3.63, 3.8) is 0 Å². The second-order valence-electron chi connectivity index (χ2n) is 5.23. The minimum Gasteiger partial charge on any atom is -0.489 e. The van der Waals surface area contributed by atoms with Gasteiger partial charge in [0.05, 0.1) is 5.69 Å². The molecule has 0 unspecified atom stereocenters. The number of rotatable bonds is 6. The van der Waals surface area contributed by atoms with Crippen LogP contribution in [-0.2, 0) is 6.61 Å². The maximum atomic E-state index is 8.46. The molecule has 0 bridgehead atoms. The van der Waals surface area contributed by atoms with Gasteiger partial charge in [-0.15, -0.1) is 0 Å². The predicted molar refractivity (Wildman–Crippen MR) is 95.7 cm³/mol. The zero-order valence-corrected chi connectivity index (χ0v) is 13.1. The molecule has 0 heterocycles. The monoisotopic (exact) mass is 318 g/mol. The highest BCUT2D eigenvalue weighted by Crippen LogP contribution is 2.21. The van der Waals surface area contributed by atoms with Crippen molar-refractivity contribution in [2.45, 2.75) is 6.61 Å². The molecule has 0 aliphatic rings. The van der Waals surface area contributed by atoms with Crippen molar-refractivity contribution >= 4 is 12.0 Å². The van der Waals surface area contributed by atoms with Crippen molar-refractivity contribution in [3.05, 3.63) is 84.4 Å². The molecule has 0 fully saturated rings. The lowest BCUT2D eigenvalue weighted by molar-refractivity contribution is 0.240. The van der Waals surface area contributed by atoms with E-state index in [1.807, 2.05) is 47.9 Å². The summed E-state index contributed by atoms with van der Waals surface area (Å²) in [6.07, 6.45) is 1.21. The average molecular weight is 318 g/mol. The lowest BCUT2D eigenvalue weighted by Crippen LogP contribution is -2.00. The summed E-state index contributed by atoms with van der Waals surface area (Å²) in [7, 11) is 0. The highest BCUT2D eigenvalue weighted by molar-refractivity contribution is 5.63. The Labute approximate surface area is 141 Å². The molecule has 0 saturated heterocycles. The largest absolute Gasteiger partial charge is 0.489 e. The zero-order chi connectivity index (χ0) is 16.6. The average Bonchev–Trinajstić information content (AvgIpc) is 2.67. The number of ether oxygens (including phenoxy) is 1. The standard InChI is InChI=1S/C20H18N2O2/c23-22-15-21-19-10-12-20(13-11-19)24-14-16-6-8-18(9-7-16)17-4-2-1-3-5-17/h1-13,15,23H,14H2,(H,21,22). The van der Waals surface area contributed by atoms with Crippen LogP contribution in [0.15, 0.2) is 83.9 Å². The van der Waals surface area contributed by atoms with E-state index >= 15 is 0 Å². The Bertz CT molecular complexity index is 782. The molecule has 0 aliphatic heterocycles. The van der Waals surface area contributed by atoms with Crippen molar-refractivity contribution in [1.29, 1.82) is 0 Å². The third-order valence-corrected chi connectivity index (χ3v) is 3.57. The van der Waals surface area contributed by atoms with Crippen LogP contribution < -0.4 is 10.2 Å². The number of benzene rings is 3. The normalized spacial score (nSPS) is 10.7. The summed E-state index contributed by atoms with van der Waals surface area (Å²) < 4.78 is 5.78. The molecule has 0 saturated carbocycles. The van der Waals surface area contributed by atoms with Crippen molar-refractivity contribution in [3.8, 4) is 16.9 Å². The fourth-order valence-corrected chi connectivity index (χ4v) is 2.32. The summed E-state index contributed by atoms with van der Waals surface area (Å²) in [5.74, 6) is 0.776. The van der Waals surface area contributed by atoms with Crippen LogP contribution in [0.5, 0.6) is 5.75 Å². The van der Waals surface area contributed by atoms with Crippen LogP contribution in [0.3, 0.4) is 0 Å². The number of nitrogens with zero attached hydrogens (tertiary/aromatic N) is 1. The molecular weight excluding hydrogens is 300 g/mol. The summed E-state index contributed by atoms with van der Waals surface area (Å²) in [6, 6.07) is 26.0. The molecule has 3 aromatic rings. The van der Waals surface area contributed by atoms with Gasteiger partial charge < -0.3 is 4.74 Å². The minimum atomic E-state index is 0.510. The number of nitrogens with one attached hydrogen (secondary N) is 1. The molecule has 3 rings (SSSR count). The van der Waals surface area contributed by atoms with Crippen LogP contribution in [-0.4, -0.2) is 11.5 Å². The Morgan fingerprint density at radius 3 is 2.17 bits per heavy atom. The summed E-state index contributed by atoms with van der Waals surface area (Å²) >= 11 is 0. The lowest BCUT2D eigenvalue weighted by atomic mass is 10.0. The lowest BCUT2D eigenvalue weighted by Gasteiger charge is -2.08. The quantitative estimate of drug-likeness (QED) is 0.397. The number of aliphatic imine (C=N–C) groups is 1. The molecular formula is C20H18N2O2. The second-order valence-corrected chi connectivity index (χ2v) is 5.23. The Kier molecular flexibility index (Phi) is 5.22. The zero-order valence-electron chi connectivity index (χ0n) is 13.1. The first kappa shape index (κ1) is 15.8. The Hall–Kier alpha value is -3.11. The summed E-state index contributed by atoms with van der Waals surface area (Å²) in [5.41, 5.74) is 6.12. The van der Waals surface area contributed by atoms with Crippen molar-refractivity contribution in [2.75, 3.05) is 0 Å². The van der Waals surface area contributed by atoms with E-state index in [0.29, 0.717) is 6.61 Å². The Balaban J connectivity index is 1.59. The van der Waals surface area contributed by atoms with Gasteiger partial charge in [0.2, 0.25) is 0 Å². The van der Waals surface area contributed by atoms with E-state index in [9.17, 15) is 0 Å². The van der Waals surface area contributed by atoms with Gasteiger partial charge in [0.15, 0.2) is 0 Å². The first-order valence-electron chi connectivity index (χ1n) is 7.64. The fourth-order valence-electron chi connectivity index (χ4n) is 2.32. The third-order valence-electron chi connectivity index (χ3n) is 3.57. The minimum absolute atomic E-state index is 0.510. The molecule has 4 heteroatoms. The number of hydrogen-bond acceptors (Lipinski definition) is 3. The van der Waals surface area contributed by atoms with E-state index in [2.05, 4.69) is 41.4 Å². The van der Waals surface area contributed by atoms with Crippen LogP contribution in [0, 0.1) is 0 Å². The highest BCUT2D eigenvalue weighted by Gasteiger charge is 1.99. The van der Waals surface area contributed by atoms with E-state index < -0.39 is 0 Å². The van der Waals surface area contributed by atoms with Crippen LogP contribution in [0.4, 0.5) is 5.69 Å². The van der Waals surface area contributed by atoms with Crippen LogP contribution in [0.2, 0.25) is 0 Å². The van der Waals surface area contributed by atoms with E-state index in [-0.39, 0.29) is 0 Å². The first-order chi connectivity index (χ1) is 11.8. The molecule has 0 atom stereocenters. The molecule has 0 radical (unpaired) electrons. The third kappa shape index (κ3) is 4.21. The van der Waals surface area contributed by atoms with Gasteiger partial charge in [-0.05, 0) is 41.0 Å². The fraction of sp³-hybridized carbons (Fsp3) is 0.0500. The molecule has 3 aromatic carbocycles. The van der Waals surface area contributed by atoms with Crippen LogP contribution >= 0.6 is 0 Å². The first-order valence-corrected chi connectivity index (χ1v) is 7.64. The van der Waals surface area contributed by atoms with E-state index in [1.54, 1.807) is 0 Å². The van der Waals surface area contributed by atoms with Crippen molar-refractivity contribution in [2.24, 2.45) is 4.99 Å². The van der Waals surface area contributed by atoms with Crippen molar-refractivity contribution in [1.82, 2.24) is 5.48 Å². The molecule has 0 aliphatic carbocycles. The number of hydrogen-bond donors (Lipinski definition) is 2. The van der Waals surface area contributed by atoms with Gasteiger partial charge in [0, 0.05) is 0 Å². The highest BCUT2D eigenvalue weighted by atomic mass is 16.5. The second kappa shape index (κ2) is 7.94. The van der Waals surface area contributed by atoms with Gasteiger partial charge in [-0.3, -0.25) is 10.7 Å². The maximum absolute atomic E-state index is 8.46. The SMILES string of the molecule is ONC=Nc1ccc(OCc2ccc(-c3ccccc3)cc2)cc1. The van der Waals surface area contributed by atoms with E-state index in [0.717, 1.165) is 17.0 Å². The molecule has 4 nitrogen and oxygen atoms in total. The summed E-state index contributed by atoms with van der Waals surface area (Å²) in [4.78, 5) is 3.98. The van der Waals surface area contributed by atoms with Crippen LogP contribution in [0.1, 0.15) is 5.56 Å². The predicted octanol–water partition coefficient (Wildman–Crippen LogP) is 4.57. The van der Waals surface area contributed by atoms with Gasteiger partial charge in [0.1, 0.15) is 18.7 Å². The molecule has 0 spiro atoms. The Morgan fingerprint density at radius 1 is 0.833 bits per heavy atom. The van der Waals surface area contributed by atoms with Gasteiger partial charge in [-0.1, -0.05) is 54.6 Å². The summed E-state index contributed by atoms with van der Waals surface area (Å²) in [5, 5.41) is 8.46. The smallest absolute Gasteiger partial charge is 0.119 e. The van der Waals surface area contributed by atoms with Gasteiger partial charge in [-0.2, -0.15) is 0 Å². The van der Waals surface area contributed by atoms with E-state index in [1.165, 1.54) is 17.5 Å². The Morgan fingerprint density at radius 2 is 1.50 bits per heavy atom. The molecule has 120 valence electrons. The van der Waals surface area contributed by atoms with Crippen LogP contribution in [0.25, 0.3) is 11.1 Å². The molecule has 0 aromatic heterocycles. The van der Waals surface area contributed by atoms with Gasteiger partial charge >= 0.3 is 0 Å². The topological polar surface area (TPSA) is 53.8 Å².